The fraction of sp³-hybridized carbons (Fsp3) is 0.235. The van der Waals surface area contributed by atoms with Crippen molar-refractivity contribution in [2.45, 2.75) is 13.0 Å². The van der Waals surface area contributed by atoms with E-state index in [4.69, 9.17) is 5.73 Å². The topological polar surface area (TPSA) is 46.3 Å². The highest BCUT2D eigenvalue weighted by Crippen LogP contribution is 2.24. The molecule has 1 amide bonds. The summed E-state index contributed by atoms with van der Waals surface area (Å²) in [5, 5.41) is 0. The summed E-state index contributed by atoms with van der Waals surface area (Å²) >= 11 is 0. The number of carbonyl (C=O) groups is 1. The van der Waals surface area contributed by atoms with E-state index in [0.29, 0.717) is 0 Å². The van der Waals surface area contributed by atoms with Crippen molar-refractivity contribution in [2.24, 2.45) is 5.73 Å². The van der Waals surface area contributed by atoms with Crippen LogP contribution in [0.25, 0.3) is 11.1 Å². The summed E-state index contributed by atoms with van der Waals surface area (Å²) in [6.07, 6.45) is 0. The molecule has 0 heterocycles. The summed E-state index contributed by atoms with van der Waals surface area (Å²) < 4.78 is 0. The molecule has 3 nitrogen and oxygen atoms in total. The molecule has 112 valence electrons. The molecular weight excluding hydrogens is 284 g/mol. The molecule has 1 atom stereocenters. The van der Waals surface area contributed by atoms with Crippen LogP contribution < -0.4 is 5.73 Å². The normalized spacial score (nSPS) is 11.4. The largest absolute Gasteiger partial charge is 0.338 e. The number of benzene rings is 2. The second-order valence-electron chi connectivity index (χ2n) is 4.87. The molecular formula is C17H21ClN2O. The second kappa shape index (κ2) is 7.81. The monoisotopic (exact) mass is 304 g/mol. The van der Waals surface area contributed by atoms with Gasteiger partial charge in [0.05, 0.1) is 12.6 Å². The predicted octanol–water partition coefficient (Wildman–Crippen LogP) is 3.25. The predicted molar refractivity (Wildman–Crippen MR) is 89.4 cm³/mol. The van der Waals surface area contributed by atoms with Gasteiger partial charge in [0.2, 0.25) is 5.91 Å². The lowest BCUT2D eigenvalue weighted by Gasteiger charge is -2.25. The van der Waals surface area contributed by atoms with E-state index in [1.165, 1.54) is 11.1 Å². The molecule has 0 aromatic heterocycles. The highest BCUT2D eigenvalue weighted by molar-refractivity contribution is 5.85. The maximum atomic E-state index is 11.6. The molecule has 0 aliphatic heterocycles. The quantitative estimate of drug-likeness (QED) is 0.942. The molecule has 0 radical (unpaired) electrons. The molecule has 0 saturated carbocycles. The Morgan fingerprint density at radius 1 is 1.05 bits per heavy atom. The minimum absolute atomic E-state index is 0. The van der Waals surface area contributed by atoms with Crippen LogP contribution in [0, 0.1) is 0 Å². The lowest BCUT2D eigenvalue weighted by atomic mass is 10.0. The van der Waals surface area contributed by atoms with Crippen molar-refractivity contribution in [2.75, 3.05) is 13.6 Å². The zero-order valence-electron chi connectivity index (χ0n) is 12.3. The number of likely N-dealkylation sites (N-methyl/N-ethyl adjacent to an activating group) is 1. The molecule has 2 aromatic carbocycles. The van der Waals surface area contributed by atoms with Gasteiger partial charge < -0.3 is 10.6 Å². The highest BCUT2D eigenvalue weighted by Gasteiger charge is 2.15. The van der Waals surface area contributed by atoms with Crippen LogP contribution in [0.1, 0.15) is 18.5 Å². The Hall–Kier alpha value is -1.84. The molecule has 2 aromatic rings. The van der Waals surface area contributed by atoms with E-state index >= 15 is 0 Å². The number of carbonyl (C=O) groups excluding carboxylic acids is 1. The molecule has 4 heteroatoms. The van der Waals surface area contributed by atoms with Crippen LogP contribution >= 0.6 is 12.4 Å². The van der Waals surface area contributed by atoms with Crippen LogP contribution in [-0.4, -0.2) is 24.4 Å². The Kier molecular flexibility index (Phi) is 6.40. The summed E-state index contributed by atoms with van der Waals surface area (Å²) in [6.45, 7) is 2.05. The summed E-state index contributed by atoms with van der Waals surface area (Å²) in [5.74, 6) is -0.0513. The van der Waals surface area contributed by atoms with Gasteiger partial charge in [-0.1, -0.05) is 54.6 Å². The number of nitrogens with two attached hydrogens (primary N) is 1. The van der Waals surface area contributed by atoms with Crippen molar-refractivity contribution >= 4 is 18.3 Å². The average molecular weight is 305 g/mol. The third kappa shape index (κ3) is 4.06. The van der Waals surface area contributed by atoms with Crippen molar-refractivity contribution in [3.05, 3.63) is 60.2 Å². The van der Waals surface area contributed by atoms with Crippen LogP contribution in [0.15, 0.2) is 54.6 Å². The van der Waals surface area contributed by atoms with Gasteiger partial charge in [0, 0.05) is 7.05 Å². The minimum Gasteiger partial charge on any atom is -0.338 e. The van der Waals surface area contributed by atoms with Gasteiger partial charge >= 0.3 is 0 Å². The van der Waals surface area contributed by atoms with E-state index in [0.717, 1.165) is 5.56 Å². The van der Waals surface area contributed by atoms with Gasteiger partial charge in [0.15, 0.2) is 0 Å². The van der Waals surface area contributed by atoms with Gasteiger partial charge in [-0.15, -0.1) is 12.4 Å². The lowest BCUT2D eigenvalue weighted by Crippen LogP contribution is -2.34. The van der Waals surface area contributed by atoms with Gasteiger partial charge in [-0.3, -0.25) is 4.79 Å². The molecule has 2 rings (SSSR count). The standard InChI is InChI=1S/C17H20N2O.ClH/c1-13(19(2)17(20)12-18)14-8-10-16(11-9-14)15-6-4-3-5-7-15;/h3-11,13H,12,18H2,1-2H3;1H. The number of amides is 1. The smallest absolute Gasteiger partial charge is 0.236 e. The van der Waals surface area contributed by atoms with Gasteiger partial charge in [-0.05, 0) is 23.6 Å². The van der Waals surface area contributed by atoms with Crippen LogP contribution in [0.3, 0.4) is 0 Å². The SMILES string of the molecule is CC(c1ccc(-c2ccccc2)cc1)N(C)C(=O)CN.Cl. The number of rotatable bonds is 4. The molecule has 0 spiro atoms. The van der Waals surface area contributed by atoms with Crippen LogP contribution in [0.2, 0.25) is 0 Å². The maximum absolute atomic E-state index is 11.6. The Morgan fingerprint density at radius 2 is 1.57 bits per heavy atom. The molecule has 0 aliphatic carbocycles. The number of hydrogen-bond acceptors (Lipinski definition) is 2. The summed E-state index contributed by atoms with van der Waals surface area (Å²) in [4.78, 5) is 13.3. The molecule has 1 unspecified atom stereocenters. The van der Waals surface area contributed by atoms with E-state index in [-0.39, 0.29) is 30.9 Å². The van der Waals surface area contributed by atoms with Crippen LogP contribution in [-0.2, 0) is 4.79 Å². The minimum atomic E-state index is -0.0513. The fourth-order valence-corrected chi connectivity index (χ4v) is 2.17. The number of halogens is 1. The zero-order chi connectivity index (χ0) is 14.5. The third-order valence-electron chi connectivity index (χ3n) is 3.65. The summed E-state index contributed by atoms with van der Waals surface area (Å²) in [7, 11) is 1.78. The highest BCUT2D eigenvalue weighted by atomic mass is 35.5. The molecule has 0 aliphatic rings. The zero-order valence-corrected chi connectivity index (χ0v) is 13.1. The van der Waals surface area contributed by atoms with Gasteiger partial charge in [0.25, 0.3) is 0 Å². The van der Waals surface area contributed by atoms with Gasteiger partial charge in [-0.25, -0.2) is 0 Å². The average Bonchev–Trinajstić information content (AvgIpc) is 2.53. The van der Waals surface area contributed by atoms with Crippen LogP contribution in [0.5, 0.6) is 0 Å². The Balaban J connectivity index is 0.00000220. The fourth-order valence-electron chi connectivity index (χ4n) is 2.17. The van der Waals surface area contributed by atoms with Crippen LogP contribution in [0.4, 0.5) is 0 Å². The Labute approximate surface area is 132 Å². The third-order valence-corrected chi connectivity index (χ3v) is 3.65. The van der Waals surface area contributed by atoms with Gasteiger partial charge in [-0.2, -0.15) is 0 Å². The van der Waals surface area contributed by atoms with Crippen molar-refractivity contribution in [1.82, 2.24) is 4.90 Å². The van der Waals surface area contributed by atoms with E-state index in [1.54, 1.807) is 11.9 Å². The summed E-state index contributed by atoms with van der Waals surface area (Å²) in [5.41, 5.74) is 8.87. The number of hydrogen-bond donors (Lipinski definition) is 1. The van der Waals surface area contributed by atoms with Crippen molar-refractivity contribution in [1.29, 1.82) is 0 Å². The first-order chi connectivity index (χ1) is 9.63. The van der Waals surface area contributed by atoms with Crippen molar-refractivity contribution in [3.8, 4) is 11.1 Å². The first-order valence-electron chi connectivity index (χ1n) is 6.74. The molecule has 0 fully saturated rings. The van der Waals surface area contributed by atoms with Crippen molar-refractivity contribution in [3.63, 3.8) is 0 Å². The molecule has 21 heavy (non-hydrogen) atoms. The Morgan fingerprint density at radius 3 is 2.10 bits per heavy atom. The first-order valence-corrected chi connectivity index (χ1v) is 6.74. The van der Waals surface area contributed by atoms with Gasteiger partial charge in [0.1, 0.15) is 0 Å². The molecule has 0 saturated heterocycles. The maximum Gasteiger partial charge on any atom is 0.236 e. The van der Waals surface area contributed by atoms with E-state index in [9.17, 15) is 4.79 Å². The molecule has 0 bridgehead atoms. The lowest BCUT2D eigenvalue weighted by molar-refractivity contribution is -0.130. The van der Waals surface area contributed by atoms with E-state index in [1.807, 2.05) is 25.1 Å². The second-order valence-corrected chi connectivity index (χ2v) is 4.87. The number of nitrogens with zero attached hydrogens (tertiary/aromatic N) is 1. The van der Waals surface area contributed by atoms with Crippen molar-refractivity contribution < 1.29 is 4.79 Å². The van der Waals surface area contributed by atoms with E-state index < -0.39 is 0 Å². The molecule has 2 N–H and O–H groups in total. The van der Waals surface area contributed by atoms with E-state index in [2.05, 4.69) is 36.4 Å². The summed E-state index contributed by atoms with van der Waals surface area (Å²) in [6, 6.07) is 18.6. The Bertz CT molecular complexity index is 569. The first kappa shape index (κ1) is 17.2.